The minimum atomic E-state index is 0.430. The lowest BCUT2D eigenvalue weighted by atomic mass is 10.3. The second-order valence-electron chi connectivity index (χ2n) is 2.97. The number of ether oxygens (including phenoxy) is 1. The van der Waals surface area contributed by atoms with Crippen LogP contribution in [0, 0.1) is 0 Å². The molecule has 0 unspecified atom stereocenters. The fourth-order valence-electron chi connectivity index (χ4n) is 0.974. The van der Waals surface area contributed by atoms with Gasteiger partial charge in [-0.1, -0.05) is 36.5 Å². The third-order valence-electron chi connectivity index (χ3n) is 1.77. The third-order valence-corrected chi connectivity index (χ3v) is 2.32. The highest BCUT2D eigenvalue weighted by molar-refractivity contribution is 6.32. The maximum Gasteiger partial charge on any atom is 0.129 e. The fourth-order valence-corrected chi connectivity index (χ4v) is 1.30. The Balaban J connectivity index is 2.45. The first kappa shape index (κ1) is 11.8. The molecule has 0 aliphatic rings. The van der Waals surface area contributed by atoms with Gasteiger partial charge >= 0.3 is 0 Å². The number of aromatic nitrogens is 1. The highest BCUT2D eigenvalue weighted by Gasteiger charge is 2.02. The number of nitrogens with zero attached hydrogens (tertiary/aromatic N) is 1. The molecule has 0 spiro atoms. The molecular weight excluding hydrogens is 221 g/mol. The molecule has 1 heterocycles. The zero-order valence-electron chi connectivity index (χ0n) is 8.09. The van der Waals surface area contributed by atoms with Crippen LogP contribution in [0.4, 0.5) is 0 Å². The van der Waals surface area contributed by atoms with Gasteiger partial charge in [-0.15, -0.1) is 0 Å². The van der Waals surface area contributed by atoms with Crippen molar-refractivity contribution in [1.29, 1.82) is 0 Å². The highest BCUT2D eigenvalue weighted by atomic mass is 35.5. The Labute approximate surface area is 94.2 Å². The molecule has 78 valence electrons. The largest absolute Gasteiger partial charge is 0.375 e. The van der Waals surface area contributed by atoms with Crippen LogP contribution in [0.3, 0.4) is 0 Å². The van der Waals surface area contributed by atoms with Gasteiger partial charge in [-0.05, 0) is 18.6 Å². The van der Waals surface area contributed by atoms with E-state index in [0.29, 0.717) is 22.5 Å². The lowest BCUT2D eigenvalue weighted by Gasteiger charge is -2.04. The molecule has 14 heavy (non-hydrogen) atoms. The predicted molar refractivity (Wildman–Crippen MR) is 58.8 cm³/mol. The van der Waals surface area contributed by atoms with Gasteiger partial charge in [-0.3, -0.25) is 0 Å². The summed E-state index contributed by atoms with van der Waals surface area (Å²) in [6, 6.07) is 3.40. The molecule has 2 nitrogen and oxygen atoms in total. The Bertz CT molecular complexity index is 291. The normalized spacial score (nSPS) is 10.5. The summed E-state index contributed by atoms with van der Waals surface area (Å²) in [5.74, 6) is 0. The number of rotatable bonds is 5. The van der Waals surface area contributed by atoms with E-state index in [1.165, 1.54) is 0 Å². The van der Waals surface area contributed by atoms with E-state index in [4.69, 9.17) is 27.9 Å². The van der Waals surface area contributed by atoms with Crippen LogP contribution >= 0.6 is 23.2 Å². The van der Waals surface area contributed by atoms with Gasteiger partial charge in [-0.25, -0.2) is 4.98 Å². The van der Waals surface area contributed by atoms with Crippen molar-refractivity contribution in [2.45, 2.75) is 26.4 Å². The molecule has 1 aromatic rings. The van der Waals surface area contributed by atoms with E-state index < -0.39 is 0 Å². The van der Waals surface area contributed by atoms with E-state index in [0.717, 1.165) is 19.4 Å². The summed E-state index contributed by atoms with van der Waals surface area (Å²) in [7, 11) is 0. The molecule has 4 heteroatoms. The number of hydrogen-bond donors (Lipinski definition) is 0. The minimum Gasteiger partial charge on any atom is -0.375 e. The van der Waals surface area contributed by atoms with Gasteiger partial charge in [0.05, 0.1) is 17.3 Å². The molecule has 0 radical (unpaired) electrons. The van der Waals surface area contributed by atoms with Gasteiger partial charge in [-0.2, -0.15) is 0 Å². The molecule has 0 aliphatic heterocycles. The van der Waals surface area contributed by atoms with Gasteiger partial charge in [0.1, 0.15) is 5.15 Å². The monoisotopic (exact) mass is 233 g/mol. The van der Waals surface area contributed by atoms with Gasteiger partial charge in [0.15, 0.2) is 0 Å². The molecule has 0 N–H and O–H groups in total. The topological polar surface area (TPSA) is 22.1 Å². The Morgan fingerprint density at radius 3 is 2.86 bits per heavy atom. The minimum absolute atomic E-state index is 0.430. The third kappa shape index (κ3) is 3.82. The summed E-state index contributed by atoms with van der Waals surface area (Å²) in [6.07, 6.45) is 2.18. The van der Waals surface area contributed by atoms with E-state index in [-0.39, 0.29) is 0 Å². The fraction of sp³-hybridized carbons (Fsp3) is 0.500. The van der Waals surface area contributed by atoms with Crippen LogP contribution in [0.1, 0.15) is 25.5 Å². The Morgan fingerprint density at radius 2 is 2.14 bits per heavy atom. The number of unbranched alkanes of at least 4 members (excludes halogenated alkanes) is 1. The zero-order valence-corrected chi connectivity index (χ0v) is 9.61. The molecule has 0 bridgehead atoms. The molecular formula is C10H13Cl2NO. The van der Waals surface area contributed by atoms with E-state index in [2.05, 4.69) is 11.9 Å². The average molecular weight is 234 g/mol. The van der Waals surface area contributed by atoms with Crippen molar-refractivity contribution in [2.75, 3.05) is 6.61 Å². The van der Waals surface area contributed by atoms with E-state index in [1.54, 1.807) is 12.1 Å². The van der Waals surface area contributed by atoms with Crippen LogP contribution in [-0.2, 0) is 11.3 Å². The van der Waals surface area contributed by atoms with Crippen molar-refractivity contribution in [1.82, 2.24) is 4.98 Å². The molecule has 0 saturated heterocycles. The molecule has 0 saturated carbocycles. The lowest BCUT2D eigenvalue weighted by molar-refractivity contribution is 0.115. The van der Waals surface area contributed by atoms with Crippen molar-refractivity contribution < 1.29 is 4.74 Å². The van der Waals surface area contributed by atoms with Crippen LogP contribution in [-0.4, -0.2) is 11.6 Å². The number of pyridine rings is 1. The van der Waals surface area contributed by atoms with Gasteiger partial charge in [0.25, 0.3) is 0 Å². The van der Waals surface area contributed by atoms with Crippen LogP contribution in [0.25, 0.3) is 0 Å². The number of halogens is 2. The summed E-state index contributed by atoms with van der Waals surface area (Å²) in [5, 5.41) is 1.05. The lowest BCUT2D eigenvalue weighted by Crippen LogP contribution is -1.98. The van der Waals surface area contributed by atoms with Gasteiger partial charge in [0, 0.05) is 6.61 Å². The van der Waals surface area contributed by atoms with E-state index in [1.807, 2.05) is 0 Å². The summed E-state index contributed by atoms with van der Waals surface area (Å²) >= 11 is 11.6. The quantitative estimate of drug-likeness (QED) is 0.572. The first-order valence-electron chi connectivity index (χ1n) is 4.62. The second-order valence-corrected chi connectivity index (χ2v) is 3.76. The van der Waals surface area contributed by atoms with Crippen LogP contribution < -0.4 is 0 Å². The Hall–Kier alpha value is -0.310. The first-order valence-corrected chi connectivity index (χ1v) is 5.38. The molecule has 1 aromatic heterocycles. The van der Waals surface area contributed by atoms with Crippen LogP contribution in [0.2, 0.25) is 10.2 Å². The van der Waals surface area contributed by atoms with Crippen molar-refractivity contribution in [3.05, 3.63) is 28.0 Å². The zero-order chi connectivity index (χ0) is 10.4. The van der Waals surface area contributed by atoms with Gasteiger partial charge in [0.2, 0.25) is 0 Å². The van der Waals surface area contributed by atoms with Crippen molar-refractivity contribution in [3.8, 4) is 0 Å². The molecule has 0 amide bonds. The standard InChI is InChI=1S/C10H13Cl2NO/c1-2-3-6-14-7-9-8(11)4-5-10(12)13-9/h4-5H,2-3,6-7H2,1H3. The molecule has 1 rings (SSSR count). The average Bonchev–Trinajstić information content (AvgIpc) is 2.18. The summed E-state index contributed by atoms with van der Waals surface area (Å²) in [6.45, 7) is 3.29. The van der Waals surface area contributed by atoms with Crippen LogP contribution in [0.15, 0.2) is 12.1 Å². The Morgan fingerprint density at radius 1 is 1.36 bits per heavy atom. The van der Waals surface area contributed by atoms with E-state index >= 15 is 0 Å². The predicted octanol–water partition coefficient (Wildman–Crippen LogP) is 3.71. The maximum atomic E-state index is 5.91. The SMILES string of the molecule is CCCCOCc1nc(Cl)ccc1Cl. The van der Waals surface area contributed by atoms with Crippen molar-refractivity contribution >= 4 is 23.2 Å². The van der Waals surface area contributed by atoms with Crippen molar-refractivity contribution in [3.63, 3.8) is 0 Å². The smallest absolute Gasteiger partial charge is 0.129 e. The molecule has 0 fully saturated rings. The number of hydrogen-bond acceptors (Lipinski definition) is 2. The summed E-state index contributed by atoms with van der Waals surface area (Å²) in [5.41, 5.74) is 0.704. The maximum absolute atomic E-state index is 5.91. The molecule has 0 aliphatic carbocycles. The van der Waals surface area contributed by atoms with E-state index in [9.17, 15) is 0 Å². The summed E-state index contributed by atoms with van der Waals surface area (Å²) in [4.78, 5) is 4.08. The second kappa shape index (κ2) is 6.23. The molecule has 0 atom stereocenters. The van der Waals surface area contributed by atoms with Gasteiger partial charge < -0.3 is 4.74 Å². The van der Waals surface area contributed by atoms with Crippen molar-refractivity contribution in [2.24, 2.45) is 0 Å². The molecule has 0 aromatic carbocycles. The first-order chi connectivity index (χ1) is 6.74. The summed E-state index contributed by atoms with van der Waals surface area (Å²) < 4.78 is 5.39. The highest BCUT2D eigenvalue weighted by Crippen LogP contribution is 2.17. The Kier molecular flexibility index (Phi) is 5.23. The van der Waals surface area contributed by atoms with Crippen LogP contribution in [0.5, 0.6) is 0 Å².